The number of piperidine rings is 1. The van der Waals surface area contributed by atoms with Gasteiger partial charge in [-0.15, -0.1) is 0 Å². The molecular formula is C22H28F3N5O2. The maximum atomic E-state index is 13.0. The van der Waals surface area contributed by atoms with Crippen LogP contribution in [0.5, 0.6) is 0 Å². The average molecular weight is 451 g/mol. The topological polar surface area (TPSA) is 70.6 Å². The molecule has 0 saturated carbocycles. The quantitative estimate of drug-likeness (QED) is 0.711. The Labute approximate surface area is 185 Å². The normalized spacial score (nSPS) is 15.0. The molecule has 1 fully saturated rings. The van der Waals surface area contributed by atoms with Gasteiger partial charge in [-0.05, 0) is 51.0 Å². The lowest BCUT2D eigenvalue weighted by molar-refractivity contribution is -0.137. The number of anilines is 2. The standard InChI is InChI=1S/C22H28F3N5O2/c1-15-13-16(2)27-20(26-15)29-9-7-19(8-10-29)30(11-12-32-3)21(31)28-18-6-4-5-17(14-18)22(23,24)25/h4-6,13-14,19H,7-12H2,1-3H3,(H,28,31). The molecule has 1 saturated heterocycles. The fraction of sp³-hybridized carbons (Fsp3) is 0.500. The number of carbonyl (C=O) groups excluding carboxylic acids is 1. The zero-order chi connectivity index (χ0) is 23.3. The number of urea groups is 1. The van der Waals surface area contributed by atoms with Crippen molar-refractivity contribution in [3.05, 3.63) is 47.3 Å². The summed E-state index contributed by atoms with van der Waals surface area (Å²) in [6, 6.07) is 6.04. The van der Waals surface area contributed by atoms with Crippen molar-refractivity contribution in [3.8, 4) is 0 Å². The molecule has 0 aliphatic carbocycles. The number of hydrogen-bond acceptors (Lipinski definition) is 5. The Morgan fingerprint density at radius 3 is 2.44 bits per heavy atom. The number of halogens is 3. The first-order valence-electron chi connectivity index (χ1n) is 10.5. The van der Waals surface area contributed by atoms with Crippen LogP contribution in [0.25, 0.3) is 0 Å². The highest BCUT2D eigenvalue weighted by atomic mass is 19.4. The van der Waals surface area contributed by atoms with Gasteiger partial charge in [-0.3, -0.25) is 0 Å². The molecule has 32 heavy (non-hydrogen) atoms. The van der Waals surface area contributed by atoms with Gasteiger partial charge in [0, 0.05) is 49.9 Å². The molecule has 7 nitrogen and oxygen atoms in total. The smallest absolute Gasteiger partial charge is 0.383 e. The number of aromatic nitrogens is 2. The van der Waals surface area contributed by atoms with Gasteiger partial charge >= 0.3 is 12.2 Å². The molecule has 10 heteroatoms. The number of rotatable bonds is 6. The van der Waals surface area contributed by atoms with E-state index in [4.69, 9.17) is 4.74 Å². The minimum absolute atomic E-state index is 0.0712. The van der Waals surface area contributed by atoms with Crippen LogP contribution >= 0.6 is 0 Å². The molecule has 2 amide bonds. The first kappa shape index (κ1) is 23.8. The third-order valence-electron chi connectivity index (χ3n) is 5.40. The number of methoxy groups -OCH3 is 1. The van der Waals surface area contributed by atoms with Gasteiger partial charge in [0.1, 0.15) is 0 Å². The molecule has 1 aliphatic rings. The first-order valence-corrected chi connectivity index (χ1v) is 10.5. The fourth-order valence-electron chi connectivity index (χ4n) is 3.83. The van der Waals surface area contributed by atoms with Crippen LogP contribution in [-0.4, -0.2) is 60.3 Å². The van der Waals surface area contributed by atoms with E-state index in [-0.39, 0.29) is 11.7 Å². The van der Waals surface area contributed by atoms with Crippen molar-refractivity contribution in [2.45, 2.75) is 38.9 Å². The van der Waals surface area contributed by atoms with Gasteiger partial charge in [0.25, 0.3) is 0 Å². The maximum absolute atomic E-state index is 13.0. The molecule has 1 aliphatic heterocycles. The van der Waals surface area contributed by atoms with Crippen LogP contribution in [0.3, 0.4) is 0 Å². The second kappa shape index (κ2) is 10.2. The molecule has 3 rings (SSSR count). The Bertz CT molecular complexity index is 910. The third-order valence-corrected chi connectivity index (χ3v) is 5.40. The molecular weight excluding hydrogens is 423 g/mol. The predicted octanol–water partition coefficient (Wildman–Crippen LogP) is 4.26. The first-order chi connectivity index (χ1) is 15.2. The summed E-state index contributed by atoms with van der Waals surface area (Å²) in [6.07, 6.45) is -3.09. The van der Waals surface area contributed by atoms with Crippen LogP contribution in [0.2, 0.25) is 0 Å². The number of nitrogens with one attached hydrogen (secondary N) is 1. The summed E-state index contributed by atoms with van der Waals surface area (Å²) in [4.78, 5) is 25.7. The molecule has 2 heterocycles. The van der Waals surface area contributed by atoms with Crippen molar-refractivity contribution in [2.24, 2.45) is 0 Å². The third kappa shape index (κ3) is 6.09. The molecule has 0 radical (unpaired) electrons. The maximum Gasteiger partial charge on any atom is 0.416 e. The number of amides is 2. The van der Waals surface area contributed by atoms with Crippen molar-refractivity contribution in [1.82, 2.24) is 14.9 Å². The highest BCUT2D eigenvalue weighted by molar-refractivity contribution is 5.89. The summed E-state index contributed by atoms with van der Waals surface area (Å²) >= 11 is 0. The van der Waals surface area contributed by atoms with Crippen LogP contribution in [0.1, 0.15) is 29.8 Å². The zero-order valence-electron chi connectivity index (χ0n) is 18.4. The lowest BCUT2D eigenvalue weighted by atomic mass is 10.0. The van der Waals surface area contributed by atoms with Gasteiger partial charge in [0.15, 0.2) is 0 Å². The van der Waals surface area contributed by atoms with E-state index in [1.54, 1.807) is 12.0 Å². The largest absolute Gasteiger partial charge is 0.416 e. The number of ether oxygens (including phenoxy) is 1. The summed E-state index contributed by atoms with van der Waals surface area (Å²) in [6.45, 7) is 5.87. The van der Waals surface area contributed by atoms with E-state index in [1.165, 1.54) is 12.1 Å². The molecule has 1 aromatic heterocycles. The molecule has 1 aromatic carbocycles. The van der Waals surface area contributed by atoms with Gasteiger partial charge in [-0.1, -0.05) is 6.07 Å². The van der Waals surface area contributed by atoms with Crippen molar-refractivity contribution in [1.29, 1.82) is 0 Å². The van der Waals surface area contributed by atoms with Crippen molar-refractivity contribution in [2.75, 3.05) is 43.6 Å². The Hall–Kier alpha value is -2.88. The van der Waals surface area contributed by atoms with Gasteiger partial charge in [-0.2, -0.15) is 13.2 Å². The lowest BCUT2D eigenvalue weighted by Crippen LogP contribution is -2.50. The molecule has 2 aromatic rings. The summed E-state index contributed by atoms with van der Waals surface area (Å²) in [5, 5.41) is 2.61. The number of alkyl halides is 3. The molecule has 0 bridgehead atoms. The summed E-state index contributed by atoms with van der Waals surface area (Å²) < 4.78 is 44.1. The number of nitrogens with zero attached hydrogens (tertiary/aromatic N) is 4. The minimum atomic E-state index is -4.47. The lowest BCUT2D eigenvalue weighted by Gasteiger charge is -2.38. The molecule has 1 N–H and O–H groups in total. The highest BCUT2D eigenvalue weighted by Crippen LogP contribution is 2.31. The van der Waals surface area contributed by atoms with Gasteiger partial charge in [-0.25, -0.2) is 14.8 Å². The Balaban J connectivity index is 1.68. The fourth-order valence-corrected chi connectivity index (χ4v) is 3.83. The van der Waals surface area contributed by atoms with Gasteiger partial charge < -0.3 is 19.9 Å². The summed E-state index contributed by atoms with van der Waals surface area (Å²) in [5.41, 5.74) is 1.10. The minimum Gasteiger partial charge on any atom is -0.383 e. The summed E-state index contributed by atoms with van der Waals surface area (Å²) in [5.74, 6) is 0.679. The van der Waals surface area contributed by atoms with Gasteiger partial charge in [0.2, 0.25) is 5.95 Å². The molecule has 0 atom stereocenters. The Morgan fingerprint density at radius 1 is 1.19 bits per heavy atom. The molecule has 0 unspecified atom stereocenters. The van der Waals surface area contributed by atoms with Crippen molar-refractivity contribution < 1.29 is 22.7 Å². The number of hydrogen-bond donors (Lipinski definition) is 1. The van der Waals surface area contributed by atoms with Crippen LogP contribution in [-0.2, 0) is 10.9 Å². The highest BCUT2D eigenvalue weighted by Gasteiger charge is 2.32. The van der Waals surface area contributed by atoms with E-state index in [0.717, 1.165) is 23.5 Å². The van der Waals surface area contributed by atoms with E-state index >= 15 is 0 Å². The van der Waals surface area contributed by atoms with Crippen LogP contribution in [0.4, 0.5) is 29.6 Å². The van der Waals surface area contributed by atoms with E-state index in [1.807, 2.05) is 19.9 Å². The second-order valence-corrected chi connectivity index (χ2v) is 7.86. The Kier molecular flexibility index (Phi) is 7.55. The van der Waals surface area contributed by atoms with E-state index in [0.29, 0.717) is 45.0 Å². The van der Waals surface area contributed by atoms with E-state index in [2.05, 4.69) is 20.2 Å². The van der Waals surface area contributed by atoms with E-state index in [9.17, 15) is 18.0 Å². The monoisotopic (exact) mass is 451 g/mol. The summed E-state index contributed by atoms with van der Waals surface area (Å²) in [7, 11) is 1.54. The second-order valence-electron chi connectivity index (χ2n) is 7.86. The average Bonchev–Trinajstić information content (AvgIpc) is 2.73. The molecule has 174 valence electrons. The van der Waals surface area contributed by atoms with Crippen LogP contribution in [0.15, 0.2) is 30.3 Å². The number of benzene rings is 1. The Morgan fingerprint density at radius 2 is 1.84 bits per heavy atom. The number of carbonyl (C=O) groups is 1. The van der Waals surface area contributed by atoms with E-state index < -0.39 is 17.8 Å². The number of aryl methyl sites for hydroxylation is 2. The SMILES string of the molecule is COCCN(C(=O)Nc1cccc(C(F)(F)F)c1)C1CCN(c2nc(C)cc(C)n2)CC1. The van der Waals surface area contributed by atoms with Gasteiger partial charge in [0.05, 0.1) is 12.2 Å². The zero-order valence-corrected chi connectivity index (χ0v) is 18.4. The van der Waals surface area contributed by atoms with Crippen LogP contribution in [0, 0.1) is 13.8 Å². The van der Waals surface area contributed by atoms with Crippen molar-refractivity contribution >= 4 is 17.7 Å². The molecule has 0 spiro atoms. The van der Waals surface area contributed by atoms with Crippen LogP contribution < -0.4 is 10.2 Å². The predicted molar refractivity (Wildman–Crippen MR) is 116 cm³/mol. The van der Waals surface area contributed by atoms with Crippen molar-refractivity contribution in [3.63, 3.8) is 0 Å².